The lowest BCUT2D eigenvalue weighted by atomic mass is 10.1. The molecule has 32 heavy (non-hydrogen) atoms. The molecule has 6 nitrogen and oxygen atoms in total. The minimum absolute atomic E-state index is 0.0694. The normalized spacial score (nSPS) is 12.5. The number of hydrogen-bond donors (Lipinski definition) is 1. The van der Waals surface area contributed by atoms with Crippen molar-refractivity contribution in [2.75, 3.05) is 13.6 Å². The number of ether oxygens (including phenoxy) is 1. The number of benzene rings is 2. The van der Waals surface area contributed by atoms with Crippen molar-refractivity contribution in [1.82, 2.24) is 4.90 Å². The van der Waals surface area contributed by atoms with Crippen LogP contribution in [0.15, 0.2) is 65.3 Å². The molecule has 1 aromatic heterocycles. The molecule has 1 heterocycles. The molecule has 1 amide bonds. The Kier molecular flexibility index (Phi) is 6.65. The fraction of sp³-hybridized carbons (Fsp3) is 0.280. The molecule has 1 N–H and O–H groups in total. The Bertz CT molecular complexity index is 1130. The van der Waals surface area contributed by atoms with E-state index in [4.69, 9.17) is 18.4 Å². The first-order valence-electron chi connectivity index (χ1n) is 11.7. The first-order chi connectivity index (χ1) is 16.6. The van der Waals surface area contributed by atoms with Crippen LogP contribution in [0.4, 0.5) is 4.39 Å². The van der Waals surface area contributed by atoms with E-state index in [0.29, 0.717) is 29.9 Å². The molecular weight excluding hydrogens is 413 g/mol. The number of carboxylic acid groups (broad SMARTS) is 1. The Labute approximate surface area is 190 Å². The van der Waals surface area contributed by atoms with Crippen molar-refractivity contribution in [3.05, 3.63) is 77.8 Å². The number of unbranched alkanes of at least 4 members (excludes halogenated alkanes) is 2. The molecule has 0 unspecified atom stereocenters. The number of amides is 1. The van der Waals surface area contributed by atoms with E-state index in [0.717, 1.165) is 11.6 Å². The Morgan fingerprint density at radius 1 is 1.12 bits per heavy atom. The third-order valence-corrected chi connectivity index (χ3v) is 4.83. The van der Waals surface area contributed by atoms with E-state index < -0.39 is 24.7 Å². The Balaban J connectivity index is 1.74. The first kappa shape index (κ1) is 19.1. The summed E-state index contributed by atoms with van der Waals surface area (Å²) in [5.74, 6) is -1.31. The van der Waals surface area contributed by atoms with Crippen LogP contribution in [-0.4, -0.2) is 35.5 Å². The smallest absolute Gasteiger partial charge is 0.303 e. The summed E-state index contributed by atoms with van der Waals surface area (Å²) in [4.78, 5) is 24.4. The molecule has 3 rings (SSSR count). The first-order valence-corrected chi connectivity index (χ1v) is 10.2. The van der Waals surface area contributed by atoms with E-state index >= 15 is 0 Å². The standard InChI is InChI=1S/C25H26FNO5/c1-27(25(30)19-10-8-18(9-11-19)22-6-5-15-32-22)17-20-16-21(26)12-13-23(20)31-14-4-2-3-7-24(28)29/h5-6,8-13,15-16H,2-4,7,14,17H2,1H3,(H,28,29)/i1D3. The van der Waals surface area contributed by atoms with Gasteiger partial charge < -0.3 is 19.2 Å². The summed E-state index contributed by atoms with van der Waals surface area (Å²) in [6.07, 6.45) is 3.32. The number of furan rings is 1. The van der Waals surface area contributed by atoms with Crippen LogP contribution in [0.25, 0.3) is 11.3 Å². The minimum atomic E-state index is -2.78. The van der Waals surface area contributed by atoms with Gasteiger partial charge in [0.25, 0.3) is 5.91 Å². The molecule has 168 valence electrons. The highest BCUT2D eigenvalue weighted by atomic mass is 19.1. The zero-order chi connectivity index (χ0) is 25.4. The molecule has 0 fully saturated rings. The molecule has 0 atom stereocenters. The van der Waals surface area contributed by atoms with Crippen LogP contribution >= 0.6 is 0 Å². The van der Waals surface area contributed by atoms with Gasteiger partial charge in [-0.2, -0.15) is 0 Å². The summed E-state index contributed by atoms with van der Waals surface area (Å²) < 4.78 is 48.7. The van der Waals surface area contributed by atoms with E-state index in [2.05, 4.69) is 0 Å². The van der Waals surface area contributed by atoms with Crippen molar-refractivity contribution in [3.8, 4) is 17.1 Å². The third kappa shape index (κ3) is 6.44. The molecule has 0 saturated heterocycles. The zero-order valence-corrected chi connectivity index (χ0v) is 17.4. The summed E-state index contributed by atoms with van der Waals surface area (Å²) in [5, 5.41) is 8.69. The van der Waals surface area contributed by atoms with Crippen molar-refractivity contribution < 1.29 is 32.4 Å². The second kappa shape index (κ2) is 11.1. The van der Waals surface area contributed by atoms with E-state index in [1.54, 1.807) is 24.3 Å². The molecule has 0 saturated carbocycles. The lowest BCUT2D eigenvalue weighted by Gasteiger charge is -2.20. The van der Waals surface area contributed by atoms with Gasteiger partial charge in [0.1, 0.15) is 17.3 Å². The highest BCUT2D eigenvalue weighted by molar-refractivity contribution is 5.94. The van der Waals surface area contributed by atoms with Crippen LogP contribution in [-0.2, 0) is 11.3 Å². The summed E-state index contributed by atoms with van der Waals surface area (Å²) in [5.41, 5.74) is 1.11. The van der Waals surface area contributed by atoms with Gasteiger partial charge in [-0.1, -0.05) is 12.1 Å². The SMILES string of the molecule is [2H]C([2H])([2H])N(Cc1cc(F)ccc1OCCCCCC(=O)O)C(=O)c1ccc(-c2ccco2)cc1. The van der Waals surface area contributed by atoms with Gasteiger partial charge in [0.05, 0.1) is 12.9 Å². The third-order valence-electron chi connectivity index (χ3n) is 4.83. The maximum atomic E-state index is 14.0. The molecule has 2 aromatic carbocycles. The average Bonchev–Trinajstić information content (AvgIpc) is 3.34. The van der Waals surface area contributed by atoms with Gasteiger partial charge >= 0.3 is 5.97 Å². The van der Waals surface area contributed by atoms with E-state index in [9.17, 15) is 14.0 Å². The zero-order valence-electron chi connectivity index (χ0n) is 20.4. The quantitative estimate of drug-likeness (QED) is 0.403. The molecule has 3 aromatic rings. The number of hydrogen-bond acceptors (Lipinski definition) is 4. The molecule has 0 aliphatic heterocycles. The lowest BCUT2D eigenvalue weighted by Crippen LogP contribution is -2.26. The highest BCUT2D eigenvalue weighted by Gasteiger charge is 2.15. The van der Waals surface area contributed by atoms with Gasteiger partial charge in [0, 0.05) is 40.7 Å². The summed E-state index contributed by atoms with van der Waals surface area (Å²) in [6, 6.07) is 13.6. The fourth-order valence-corrected chi connectivity index (χ4v) is 3.17. The van der Waals surface area contributed by atoms with Crippen LogP contribution in [0.5, 0.6) is 5.75 Å². The molecule has 7 heteroatoms. The topological polar surface area (TPSA) is 80.0 Å². The summed E-state index contributed by atoms with van der Waals surface area (Å²) in [7, 11) is 0. The van der Waals surface area contributed by atoms with Crippen LogP contribution in [0.3, 0.4) is 0 Å². The predicted octanol–water partition coefficient (Wildman–Crippen LogP) is 5.38. The van der Waals surface area contributed by atoms with E-state index in [1.807, 2.05) is 0 Å². The van der Waals surface area contributed by atoms with Gasteiger partial charge in [-0.25, -0.2) is 4.39 Å². The Morgan fingerprint density at radius 3 is 2.62 bits per heavy atom. The lowest BCUT2D eigenvalue weighted by molar-refractivity contribution is -0.137. The fourth-order valence-electron chi connectivity index (χ4n) is 3.17. The number of carbonyl (C=O) groups excluding carboxylic acids is 1. The monoisotopic (exact) mass is 442 g/mol. The highest BCUT2D eigenvalue weighted by Crippen LogP contribution is 2.24. The minimum Gasteiger partial charge on any atom is -0.493 e. The molecule has 0 radical (unpaired) electrons. The number of carboxylic acids is 1. The van der Waals surface area contributed by atoms with Crippen LogP contribution in [0.1, 0.15) is 45.7 Å². The summed E-state index contributed by atoms with van der Waals surface area (Å²) >= 11 is 0. The average molecular weight is 443 g/mol. The number of halogens is 1. The predicted molar refractivity (Wildman–Crippen MR) is 118 cm³/mol. The second-order valence-corrected chi connectivity index (χ2v) is 7.25. The molecule has 0 aliphatic carbocycles. The maximum absolute atomic E-state index is 14.0. The molecule has 0 spiro atoms. The summed E-state index contributed by atoms with van der Waals surface area (Å²) in [6.45, 7) is -2.92. The van der Waals surface area contributed by atoms with Crippen molar-refractivity contribution in [2.24, 2.45) is 0 Å². The Morgan fingerprint density at radius 2 is 1.94 bits per heavy atom. The van der Waals surface area contributed by atoms with Gasteiger partial charge in [0.15, 0.2) is 0 Å². The molecular formula is C25H26FNO5. The van der Waals surface area contributed by atoms with Crippen LogP contribution in [0.2, 0.25) is 0 Å². The van der Waals surface area contributed by atoms with E-state index in [1.165, 1.54) is 30.5 Å². The number of aliphatic carboxylic acids is 1. The number of rotatable bonds is 11. The van der Waals surface area contributed by atoms with Crippen molar-refractivity contribution in [3.63, 3.8) is 0 Å². The van der Waals surface area contributed by atoms with Crippen molar-refractivity contribution >= 4 is 11.9 Å². The van der Waals surface area contributed by atoms with Gasteiger partial charge in [-0.05, 0) is 61.7 Å². The van der Waals surface area contributed by atoms with Crippen molar-refractivity contribution in [2.45, 2.75) is 32.2 Å². The van der Waals surface area contributed by atoms with Crippen LogP contribution in [0, 0.1) is 5.82 Å². The van der Waals surface area contributed by atoms with Crippen molar-refractivity contribution in [1.29, 1.82) is 0 Å². The van der Waals surface area contributed by atoms with Gasteiger partial charge in [-0.3, -0.25) is 9.59 Å². The van der Waals surface area contributed by atoms with Gasteiger partial charge in [0.2, 0.25) is 0 Å². The van der Waals surface area contributed by atoms with E-state index in [-0.39, 0.29) is 36.4 Å². The maximum Gasteiger partial charge on any atom is 0.303 e. The largest absolute Gasteiger partial charge is 0.493 e. The molecule has 0 bridgehead atoms. The second-order valence-electron chi connectivity index (χ2n) is 7.25. The number of carbonyl (C=O) groups is 2. The number of nitrogens with zero attached hydrogens (tertiary/aromatic N) is 1. The van der Waals surface area contributed by atoms with Crippen LogP contribution < -0.4 is 4.74 Å². The molecule has 0 aliphatic rings. The Hall–Kier alpha value is -3.61. The van der Waals surface area contributed by atoms with Gasteiger partial charge in [-0.15, -0.1) is 0 Å².